The minimum absolute atomic E-state index is 0.574. The van der Waals surface area contributed by atoms with Crippen molar-refractivity contribution in [2.75, 3.05) is 5.32 Å². The lowest BCUT2D eigenvalue weighted by Crippen LogP contribution is -2.19. The van der Waals surface area contributed by atoms with Crippen LogP contribution >= 0.6 is 11.5 Å². The molecule has 1 aromatic carbocycles. The van der Waals surface area contributed by atoms with E-state index < -0.39 is 6.03 Å². The molecule has 0 aliphatic rings. The Balaban J connectivity index is 2.31. The van der Waals surface area contributed by atoms with Gasteiger partial charge in [-0.15, -0.1) is 5.10 Å². The van der Waals surface area contributed by atoms with Crippen molar-refractivity contribution in [1.29, 1.82) is 0 Å². The fourth-order valence-electron chi connectivity index (χ4n) is 1.19. The number of primary amides is 1. The molecule has 0 bridgehead atoms. The Morgan fingerprint density at radius 1 is 1.47 bits per heavy atom. The minimum Gasteiger partial charge on any atom is -0.351 e. The second kappa shape index (κ2) is 4.05. The number of rotatable bonds is 2. The van der Waals surface area contributed by atoms with Gasteiger partial charge in [-0.1, -0.05) is 16.6 Å². The molecule has 0 aliphatic heterocycles. The Kier molecular flexibility index (Phi) is 2.59. The summed E-state index contributed by atoms with van der Waals surface area (Å²) in [5.41, 5.74) is 6.64. The SMILES string of the molecule is NC(=O)Nc1cccc(-c2cnns2)c1. The highest BCUT2D eigenvalue weighted by Crippen LogP contribution is 2.24. The first-order valence-electron chi connectivity index (χ1n) is 4.20. The molecular weight excluding hydrogens is 212 g/mol. The topological polar surface area (TPSA) is 80.9 Å². The molecule has 0 saturated carbocycles. The van der Waals surface area contributed by atoms with Crippen LogP contribution in [0.3, 0.4) is 0 Å². The van der Waals surface area contributed by atoms with Crippen LogP contribution in [0.15, 0.2) is 30.5 Å². The highest BCUT2D eigenvalue weighted by atomic mass is 32.1. The van der Waals surface area contributed by atoms with Gasteiger partial charge in [-0.25, -0.2) is 4.79 Å². The van der Waals surface area contributed by atoms with Crippen molar-refractivity contribution in [2.45, 2.75) is 0 Å². The molecule has 0 atom stereocenters. The van der Waals surface area contributed by atoms with Gasteiger partial charge >= 0.3 is 6.03 Å². The minimum atomic E-state index is -0.574. The van der Waals surface area contributed by atoms with Crippen LogP contribution in [0, 0.1) is 0 Å². The number of hydrogen-bond acceptors (Lipinski definition) is 4. The second-order valence-electron chi connectivity index (χ2n) is 2.85. The van der Waals surface area contributed by atoms with Gasteiger partial charge in [0.1, 0.15) is 0 Å². The Morgan fingerprint density at radius 2 is 2.33 bits per heavy atom. The number of urea groups is 1. The van der Waals surface area contributed by atoms with Crippen LogP contribution in [0.25, 0.3) is 10.4 Å². The van der Waals surface area contributed by atoms with Gasteiger partial charge in [-0.05, 0) is 29.2 Å². The molecule has 1 heterocycles. The fourth-order valence-corrected chi connectivity index (χ4v) is 1.70. The standard InChI is InChI=1S/C9H8N4OS/c10-9(14)12-7-3-1-2-6(4-7)8-5-11-13-15-8/h1-5H,(H3,10,12,14). The summed E-state index contributed by atoms with van der Waals surface area (Å²) in [6.07, 6.45) is 1.67. The third kappa shape index (κ3) is 2.29. The van der Waals surface area contributed by atoms with Gasteiger partial charge in [-0.2, -0.15) is 0 Å². The van der Waals surface area contributed by atoms with Gasteiger partial charge in [0, 0.05) is 5.69 Å². The van der Waals surface area contributed by atoms with Crippen LogP contribution in [0.1, 0.15) is 0 Å². The summed E-state index contributed by atoms with van der Waals surface area (Å²) in [5.74, 6) is 0. The Hall–Kier alpha value is -1.95. The number of carbonyl (C=O) groups is 1. The summed E-state index contributed by atoms with van der Waals surface area (Å²) in [7, 11) is 0. The van der Waals surface area contributed by atoms with E-state index in [-0.39, 0.29) is 0 Å². The number of amides is 2. The van der Waals surface area contributed by atoms with Crippen LogP contribution in [0.2, 0.25) is 0 Å². The van der Waals surface area contributed by atoms with E-state index in [0.717, 1.165) is 10.4 Å². The van der Waals surface area contributed by atoms with Crippen molar-refractivity contribution in [3.63, 3.8) is 0 Å². The summed E-state index contributed by atoms with van der Waals surface area (Å²) in [5, 5.41) is 6.26. The number of anilines is 1. The molecule has 6 heteroatoms. The molecule has 2 amide bonds. The number of benzene rings is 1. The zero-order valence-electron chi connectivity index (χ0n) is 7.68. The van der Waals surface area contributed by atoms with Crippen LogP contribution in [0.5, 0.6) is 0 Å². The summed E-state index contributed by atoms with van der Waals surface area (Å²) >= 11 is 1.30. The summed E-state index contributed by atoms with van der Waals surface area (Å²) in [4.78, 5) is 11.6. The molecule has 0 spiro atoms. The first kappa shape index (κ1) is 9.60. The van der Waals surface area contributed by atoms with Gasteiger partial charge in [0.25, 0.3) is 0 Å². The molecule has 0 fully saturated rings. The first-order valence-corrected chi connectivity index (χ1v) is 4.97. The molecule has 3 N–H and O–H groups in total. The summed E-state index contributed by atoms with van der Waals surface area (Å²) < 4.78 is 3.77. The van der Waals surface area contributed by atoms with E-state index in [0.29, 0.717) is 5.69 Å². The number of aromatic nitrogens is 2. The smallest absolute Gasteiger partial charge is 0.316 e. The van der Waals surface area contributed by atoms with Crippen molar-refractivity contribution in [3.8, 4) is 10.4 Å². The van der Waals surface area contributed by atoms with Gasteiger partial charge in [0.15, 0.2) is 0 Å². The lowest BCUT2D eigenvalue weighted by atomic mass is 10.2. The summed E-state index contributed by atoms with van der Waals surface area (Å²) in [6, 6.07) is 6.76. The molecule has 2 aromatic rings. The second-order valence-corrected chi connectivity index (χ2v) is 3.64. The number of carbonyl (C=O) groups excluding carboxylic acids is 1. The molecule has 5 nitrogen and oxygen atoms in total. The highest BCUT2D eigenvalue weighted by molar-refractivity contribution is 7.09. The third-order valence-corrected chi connectivity index (χ3v) is 2.49. The van der Waals surface area contributed by atoms with E-state index in [1.54, 1.807) is 12.3 Å². The average molecular weight is 220 g/mol. The fraction of sp³-hybridized carbons (Fsp3) is 0. The Morgan fingerprint density at radius 3 is 3.00 bits per heavy atom. The number of nitrogens with zero attached hydrogens (tertiary/aromatic N) is 2. The molecule has 76 valence electrons. The molecule has 15 heavy (non-hydrogen) atoms. The maximum absolute atomic E-state index is 10.7. The van der Waals surface area contributed by atoms with E-state index in [1.807, 2.05) is 18.2 Å². The molecule has 1 aromatic heterocycles. The zero-order valence-corrected chi connectivity index (χ0v) is 8.49. The Labute approximate surface area is 90.1 Å². The zero-order chi connectivity index (χ0) is 10.7. The number of nitrogens with two attached hydrogens (primary N) is 1. The van der Waals surface area contributed by atoms with Crippen LogP contribution < -0.4 is 11.1 Å². The first-order chi connectivity index (χ1) is 7.25. The quantitative estimate of drug-likeness (QED) is 0.808. The average Bonchev–Trinajstić information content (AvgIpc) is 2.69. The van der Waals surface area contributed by atoms with Crippen LogP contribution in [0.4, 0.5) is 10.5 Å². The van der Waals surface area contributed by atoms with Gasteiger partial charge in [0.05, 0.1) is 11.1 Å². The van der Waals surface area contributed by atoms with E-state index in [4.69, 9.17) is 5.73 Å². The molecular formula is C9H8N4OS. The lowest BCUT2D eigenvalue weighted by molar-refractivity contribution is 0.259. The predicted octanol–water partition coefficient (Wildman–Crippen LogP) is 1.70. The van der Waals surface area contributed by atoms with Crippen molar-refractivity contribution >= 4 is 23.3 Å². The van der Waals surface area contributed by atoms with Crippen LogP contribution in [-0.2, 0) is 0 Å². The number of nitrogens with one attached hydrogen (secondary N) is 1. The highest BCUT2D eigenvalue weighted by Gasteiger charge is 2.02. The van der Waals surface area contributed by atoms with E-state index >= 15 is 0 Å². The molecule has 0 saturated heterocycles. The third-order valence-electron chi connectivity index (χ3n) is 1.78. The van der Waals surface area contributed by atoms with Crippen molar-refractivity contribution in [1.82, 2.24) is 9.59 Å². The van der Waals surface area contributed by atoms with Crippen molar-refractivity contribution in [2.24, 2.45) is 5.73 Å². The number of hydrogen-bond donors (Lipinski definition) is 2. The van der Waals surface area contributed by atoms with E-state index in [2.05, 4.69) is 14.9 Å². The van der Waals surface area contributed by atoms with Gasteiger partial charge in [0.2, 0.25) is 0 Å². The van der Waals surface area contributed by atoms with E-state index in [9.17, 15) is 4.79 Å². The maximum Gasteiger partial charge on any atom is 0.316 e. The molecule has 0 aliphatic carbocycles. The van der Waals surface area contributed by atoms with Gasteiger partial charge in [-0.3, -0.25) is 0 Å². The normalized spacial score (nSPS) is 9.87. The Bertz CT molecular complexity index is 469. The summed E-state index contributed by atoms with van der Waals surface area (Å²) in [6.45, 7) is 0. The largest absolute Gasteiger partial charge is 0.351 e. The molecule has 2 rings (SSSR count). The maximum atomic E-state index is 10.7. The molecule has 0 unspecified atom stereocenters. The van der Waals surface area contributed by atoms with Crippen molar-refractivity contribution in [3.05, 3.63) is 30.5 Å². The predicted molar refractivity (Wildman–Crippen MR) is 58.6 cm³/mol. The molecule has 0 radical (unpaired) electrons. The lowest BCUT2D eigenvalue weighted by Gasteiger charge is -2.02. The monoisotopic (exact) mass is 220 g/mol. The van der Waals surface area contributed by atoms with Crippen molar-refractivity contribution < 1.29 is 4.79 Å². The van der Waals surface area contributed by atoms with Crippen LogP contribution in [-0.4, -0.2) is 15.6 Å². The van der Waals surface area contributed by atoms with E-state index in [1.165, 1.54) is 11.5 Å². The van der Waals surface area contributed by atoms with Gasteiger partial charge < -0.3 is 11.1 Å².